The van der Waals surface area contributed by atoms with Gasteiger partial charge in [-0.25, -0.2) is 9.97 Å². The van der Waals surface area contributed by atoms with E-state index in [4.69, 9.17) is 4.98 Å². The van der Waals surface area contributed by atoms with E-state index in [0.717, 1.165) is 59.8 Å². The molecule has 7 nitrogen and oxygen atoms in total. The van der Waals surface area contributed by atoms with Gasteiger partial charge < -0.3 is 14.8 Å². The third kappa shape index (κ3) is 3.61. The van der Waals surface area contributed by atoms with E-state index in [9.17, 15) is 4.79 Å². The highest BCUT2D eigenvalue weighted by Crippen LogP contribution is 2.21. The molecule has 3 heterocycles. The van der Waals surface area contributed by atoms with Gasteiger partial charge in [0.05, 0.1) is 22.1 Å². The molecular formula is C26H24N6O. The number of carbonyl (C=O) groups is 1. The van der Waals surface area contributed by atoms with Gasteiger partial charge in [0.25, 0.3) is 5.91 Å². The fourth-order valence-electron chi connectivity index (χ4n) is 4.53. The Morgan fingerprint density at radius 2 is 1.61 bits per heavy atom. The van der Waals surface area contributed by atoms with Crippen LogP contribution in [0.4, 0.5) is 5.95 Å². The van der Waals surface area contributed by atoms with E-state index in [1.165, 1.54) is 0 Å². The zero-order valence-electron chi connectivity index (χ0n) is 18.2. The smallest absolute Gasteiger partial charge is 0.253 e. The summed E-state index contributed by atoms with van der Waals surface area (Å²) in [6, 6.07) is 23.9. The van der Waals surface area contributed by atoms with Crippen molar-refractivity contribution in [3.63, 3.8) is 0 Å². The molecule has 0 aliphatic carbocycles. The fourth-order valence-corrected chi connectivity index (χ4v) is 4.53. The van der Waals surface area contributed by atoms with Gasteiger partial charge in [0, 0.05) is 37.4 Å². The number of rotatable bonds is 3. The highest BCUT2D eigenvalue weighted by Gasteiger charge is 2.22. The summed E-state index contributed by atoms with van der Waals surface area (Å²) >= 11 is 0. The van der Waals surface area contributed by atoms with E-state index in [2.05, 4.69) is 14.9 Å². The number of fused-ring (bicyclic) bond motifs is 2. The van der Waals surface area contributed by atoms with E-state index >= 15 is 0 Å². The summed E-state index contributed by atoms with van der Waals surface area (Å²) in [6.07, 6.45) is 2.73. The van der Waals surface area contributed by atoms with Crippen LogP contribution in [0.25, 0.3) is 27.8 Å². The van der Waals surface area contributed by atoms with Crippen molar-refractivity contribution in [1.29, 1.82) is 0 Å². The fraction of sp³-hybridized carbons (Fsp3) is 0.192. The highest BCUT2D eigenvalue weighted by molar-refractivity contribution is 5.94. The topological polar surface area (TPSA) is 70.1 Å². The number of hydrogen-bond acceptors (Lipinski definition) is 4. The third-order valence-electron chi connectivity index (χ3n) is 6.31. The maximum absolute atomic E-state index is 13.2. The van der Waals surface area contributed by atoms with Crippen molar-refractivity contribution in [2.75, 3.05) is 31.1 Å². The number of benzene rings is 3. The molecule has 0 atom stereocenters. The summed E-state index contributed by atoms with van der Waals surface area (Å²) in [5.74, 6) is 0.950. The largest absolute Gasteiger partial charge is 0.341 e. The molecule has 6 rings (SSSR count). The molecule has 1 saturated heterocycles. The number of nitrogens with zero attached hydrogens (tertiary/aromatic N) is 5. The van der Waals surface area contributed by atoms with Gasteiger partial charge in [-0.15, -0.1) is 0 Å². The monoisotopic (exact) mass is 436 g/mol. The zero-order chi connectivity index (χ0) is 22.2. The Morgan fingerprint density at radius 1 is 0.818 bits per heavy atom. The first kappa shape index (κ1) is 19.5. The summed E-state index contributed by atoms with van der Waals surface area (Å²) in [5.41, 5.74) is 5.71. The molecule has 0 radical (unpaired) electrons. The number of hydrogen-bond donors (Lipinski definition) is 1. The normalized spacial score (nSPS) is 14.7. The minimum absolute atomic E-state index is 0.0727. The maximum Gasteiger partial charge on any atom is 0.253 e. The van der Waals surface area contributed by atoms with Crippen LogP contribution in [0.3, 0.4) is 0 Å². The summed E-state index contributed by atoms with van der Waals surface area (Å²) in [6.45, 7) is 3.04. The second-order valence-electron chi connectivity index (χ2n) is 8.36. The molecule has 1 aliphatic rings. The molecule has 164 valence electrons. The van der Waals surface area contributed by atoms with Crippen LogP contribution in [0.15, 0.2) is 79.1 Å². The Morgan fingerprint density at radius 3 is 2.45 bits per heavy atom. The number of nitrogens with one attached hydrogen (secondary N) is 1. The minimum atomic E-state index is 0.0727. The first-order chi connectivity index (χ1) is 16.3. The molecule has 0 bridgehead atoms. The van der Waals surface area contributed by atoms with E-state index in [1.807, 2.05) is 88.6 Å². The van der Waals surface area contributed by atoms with Crippen molar-refractivity contribution in [1.82, 2.24) is 24.4 Å². The van der Waals surface area contributed by atoms with E-state index in [0.29, 0.717) is 12.1 Å². The Labute approximate surface area is 191 Å². The second-order valence-corrected chi connectivity index (χ2v) is 8.36. The summed E-state index contributed by atoms with van der Waals surface area (Å²) in [4.78, 5) is 30.0. The van der Waals surface area contributed by atoms with Gasteiger partial charge in [0.1, 0.15) is 6.33 Å². The molecule has 5 aromatic rings. The first-order valence-corrected chi connectivity index (χ1v) is 11.3. The van der Waals surface area contributed by atoms with E-state index < -0.39 is 0 Å². The lowest BCUT2D eigenvalue weighted by atomic mass is 10.1. The number of anilines is 1. The van der Waals surface area contributed by atoms with Crippen LogP contribution in [0.1, 0.15) is 16.8 Å². The van der Waals surface area contributed by atoms with Gasteiger partial charge in [-0.3, -0.25) is 9.36 Å². The lowest BCUT2D eigenvalue weighted by Crippen LogP contribution is -2.35. The van der Waals surface area contributed by atoms with Crippen molar-refractivity contribution >= 4 is 33.9 Å². The summed E-state index contributed by atoms with van der Waals surface area (Å²) < 4.78 is 2.04. The molecule has 1 N–H and O–H groups in total. The van der Waals surface area contributed by atoms with Crippen molar-refractivity contribution in [2.24, 2.45) is 0 Å². The van der Waals surface area contributed by atoms with Gasteiger partial charge in [-0.05, 0) is 55.0 Å². The Bertz CT molecular complexity index is 1400. The maximum atomic E-state index is 13.2. The van der Waals surface area contributed by atoms with Gasteiger partial charge in [-0.1, -0.05) is 24.3 Å². The van der Waals surface area contributed by atoms with Gasteiger partial charge in [-0.2, -0.15) is 0 Å². The molecular weight excluding hydrogens is 412 g/mol. The number of para-hydroxylation sites is 4. The summed E-state index contributed by atoms with van der Waals surface area (Å²) in [7, 11) is 0. The van der Waals surface area contributed by atoms with Crippen LogP contribution in [-0.4, -0.2) is 56.5 Å². The van der Waals surface area contributed by atoms with Gasteiger partial charge >= 0.3 is 0 Å². The average Bonchev–Trinajstić information content (AvgIpc) is 3.41. The molecule has 3 aromatic carbocycles. The van der Waals surface area contributed by atoms with Crippen LogP contribution in [0.2, 0.25) is 0 Å². The standard InChI is InChI=1S/C26H24N6O/c33-25(19-10-12-20(13-11-19)32-18-27-23-8-3-4-9-24(23)32)30-14-5-15-31(17-16-30)26-28-21-6-1-2-7-22(21)29-26/h1-4,6-13,18H,5,14-17H2,(H,28,29). The molecule has 33 heavy (non-hydrogen) atoms. The lowest BCUT2D eigenvalue weighted by molar-refractivity contribution is 0.0767. The predicted octanol–water partition coefficient (Wildman–Crippen LogP) is 4.25. The zero-order valence-corrected chi connectivity index (χ0v) is 18.2. The van der Waals surface area contributed by atoms with Crippen LogP contribution in [0.5, 0.6) is 0 Å². The SMILES string of the molecule is O=C(c1ccc(-n2cnc3ccccc32)cc1)N1CCCN(c2nc3ccccc3[nH]2)CC1. The Kier molecular flexibility index (Phi) is 4.79. The van der Waals surface area contributed by atoms with Crippen molar-refractivity contribution < 1.29 is 4.79 Å². The molecule has 0 saturated carbocycles. The van der Waals surface area contributed by atoms with E-state index in [-0.39, 0.29) is 5.91 Å². The number of imidazole rings is 2. The average molecular weight is 437 g/mol. The van der Waals surface area contributed by atoms with Crippen molar-refractivity contribution in [3.05, 3.63) is 84.7 Å². The van der Waals surface area contributed by atoms with Crippen molar-refractivity contribution in [2.45, 2.75) is 6.42 Å². The van der Waals surface area contributed by atoms with Crippen LogP contribution in [-0.2, 0) is 0 Å². The molecule has 0 spiro atoms. The van der Waals surface area contributed by atoms with Gasteiger partial charge in [0.15, 0.2) is 0 Å². The third-order valence-corrected chi connectivity index (χ3v) is 6.31. The van der Waals surface area contributed by atoms with Crippen LogP contribution >= 0.6 is 0 Å². The highest BCUT2D eigenvalue weighted by atomic mass is 16.2. The summed E-state index contributed by atoms with van der Waals surface area (Å²) in [5, 5.41) is 0. The molecule has 7 heteroatoms. The molecule has 1 aliphatic heterocycles. The number of carbonyl (C=O) groups excluding carboxylic acids is 1. The molecule has 2 aromatic heterocycles. The molecule has 0 unspecified atom stereocenters. The van der Waals surface area contributed by atoms with E-state index in [1.54, 1.807) is 0 Å². The van der Waals surface area contributed by atoms with Crippen LogP contribution in [0, 0.1) is 0 Å². The Balaban J connectivity index is 1.17. The Hall–Kier alpha value is -4.13. The number of H-pyrrole nitrogens is 1. The van der Waals surface area contributed by atoms with Gasteiger partial charge in [0.2, 0.25) is 5.95 Å². The first-order valence-electron chi connectivity index (χ1n) is 11.3. The number of aromatic amines is 1. The quantitative estimate of drug-likeness (QED) is 0.459. The molecule has 1 fully saturated rings. The van der Waals surface area contributed by atoms with Crippen LogP contribution < -0.4 is 4.90 Å². The second kappa shape index (κ2) is 8.09. The number of aromatic nitrogens is 4. The van der Waals surface area contributed by atoms with Crippen molar-refractivity contribution in [3.8, 4) is 5.69 Å². The lowest BCUT2D eigenvalue weighted by Gasteiger charge is -2.22. The predicted molar refractivity (Wildman–Crippen MR) is 130 cm³/mol. The molecule has 1 amide bonds. The number of amides is 1. The minimum Gasteiger partial charge on any atom is -0.341 e.